The molecule has 1 aromatic carbocycles. The number of aromatic nitrogens is 2. The van der Waals surface area contributed by atoms with Crippen LogP contribution in [0, 0.1) is 0 Å². The zero-order chi connectivity index (χ0) is 13.1. The molecule has 0 atom stereocenters. The summed E-state index contributed by atoms with van der Waals surface area (Å²) in [5.74, 6) is 2.88. The number of rotatable bonds is 5. The average molecular weight is 273 g/mol. The van der Waals surface area contributed by atoms with Crippen molar-refractivity contribution >= 4 is 28.4 Å². The highest BCUT2D eigenvalue weighted by molar-refractivity contribution is 7.97. The Morgan fingerprint density at radius 3 is 3.05 bits per heavy atom. The van der Waals surface area contributed by atoms with Gasteiger partial charge in [0.1, 0.15) is 11.5 Å². The van der Waals surface area contributed by atoms with Gasteiger partial charge in [0.05, 0.1) is 24.0 Å². The van der Waals surface area contributed by atoms with Crippen LogP contribution in [0.1, 0.15) is 11.5 Å². The lowest BCUT2D eigenvalue weighted by Crippen LogP contribution is -1.98. The van der Waals surface area contributed by atoms with Crippen molar-refractivity contribution in [1.82, 2.24) is 10.2 Å². The lowest BCUT2D eigenvalue weighted by molar-refractivity contribution is 0.487. The van der Waals surface area contributed by atoms with Gasteiger partial charge in [0, 0.05) is 11.1 Å². The largest absolute Gasteiger partial charge is 0.463 e. The van der Waals surface area contributed by atoms with Crippen LogP contribution in [0.15, 0.2) is 40.9 Å². The number of nitrogens with one attached hydrogen (secondary N) is 2. The molecular formula is C14H15N3OS. The number of benzene rings is 1. The first kappa shape index (κ1) is 12.2. The summed E-state index contributed by atoms with van der Waals surface area (Å²) in [7, 11) is 0. The van der Waals surface area contributed by atoms with E-state index in [2.05, 4.69) is 21.8 Å². The van der Waals surface area contributed by atoms with Gasteiger partial charge >= 0.3 is 0 Å². The van der Waals surface area contributed by atoms with Gasteiger partial charge in [0.25, 0.3) is 0 Å². The Kier molecular flexibility index (Phi) is 3.46. The Hall–Kier alpha value is -1.88. The van der Waals surface area contributed by atoms with Crippen molar-refractivity contribution in [1.29, 1.82) is 0 Å². The van der Waals surface area contributed by atoms with Crippen LogP contribution in [0.25, 0.3) is 10.9 Å². The Morgan fingerprint density at radius 2 is 2.16 bits per heavy atom. The predicted molar refractivity (Wildman–Crippen MR) is 79.3 cm³/mol. The van der Waals surface area contributed by atoms with Crippen molar-refractivity contribution in [2.75, 3.05) is 11.6 Å². The fraction of sp³-hybridized carbons (Fsp3) is 0.214. The van der Waals surface area contributed by atoms with Crippen LogP contribution < -0.4 is 5.32 Å². The molecule has 0 amide bonds. The highest BCUT2D eigenvalue weighted by Gasteiger charge is 2.04. The number of nitrogens with zero attached hydrogens (tertiary/aromatic N) is 1. The highest BCUT2D eigenvalue weighted by Crippen LogP contribution is 2.22. The van der Waals surface area contributed by atoms with E-state index in [1.54, 1.807) is 11.8 Å². The minimum Gasteiger partial charge on any atom is -0.463 e. The van der Waals surface area contributed by atoms with Crippen molar-refractivity contribution in [3.63, 3.8) is 0 Å². The number of aromatic amines is 1. The van der Waals surface area contributed by atoms with Crippen molar-refractivity contribution in [3.8, 4) is 0 Å². The van der Waals surface area contributed by atoms with E-state index in [1.165, 1.54) is 0 Å². The van der Waals surface area contributed by atoms with Gasteiger partial charge in [-0.15, -0.1) is 0 Å². The molecule has 0 saturated carbocycles. The molecule has 0 aliphatic rings. The first-order chi connectivity index (χ1) is 9.36. The summed E-state index contributed by atoms with van der Waals surface area (Å²) in [4.78, 5) is 0. The maximum atomic E-state index is 5.73. The summed E-state index contributed by atoms with van der Waals surface area (Å²) >= 11 is 1.76. The van der Waals surface area contributed by atoms with Gasteiger partial charge in [-0.25, -0.2) is 0 Å². The van der Waals surface area contributed by atoms with E-state index < -0.39 is 0 Å². The van der Waals surface area contributed by atoms with Crippen LogP contribution in [-0.2, 0) is 12.3 Å². The summed E-state index contributed by atoms with van der Waals surface area (Å²) in [5.41, 5.74) is 2.10. The van der Waals surface area contributed by atoms with Gasteiger partial charge < -0.3 is 9.73 Å². The third-order valence-electron chi connectivity index (χ3n) is 2.94. The van der Waals surface area contributed by atoms with Crippen molar-refractivity contribution in [2.45, 2.75) is 12.3 Å². The molecule has 98 valence electrons. The molecule has 2 heterocycles. The SMILES string of the molecule is CSCc1ccc(CNc2cccc3[nH]ncc23)o1. The van der Waals surface area contributed by atoms with E-state index in [-0.39, 0.29) is 0 Å². The van der Waals surface area contributed by atoms with E-state index in [0.717, 1.165) is 33.9 Å². The molecule has 0 aliphatic carbocycles. The molecule has 2 N–H and O–H groups in total. The van der Waals surface area contributed by atoms with Gasteiger partial charge in [0.2, 0.25) is 0 Å². The van der Waals surface area contributed by atoms with Gasteiger partial charge in [-0.3, -0.25) is 5.10 Å². The van der Waals surface area contributed by atoms with Crippen LogP contribution in [0.4, 0.5) is 5.69 Å². The molecular weight excluding hydrogens is 258 g/mol. The monoisotopic (exact) mass is 273 g/mol. The standard InChI is InChI=1S/C14H15N3OS/c1-19-9-11-6-5-10(18-11)7-15-13-3-2-4-14-12(13)8-16-17-14/h2-6,8,15H,7,9H2,1H3,(H,16,17). The summed E-state index contributed by atoms with van der Waals surface area (Å²) in [6.07, 6.45) is 3.90. The molecule has 0 spiro atoms. The topological polar surface area (TPSA) is 53.9 Å². The third kappa shape index (κ3) is 2.61. The Labute approximate surface area is 115 Å². The molecule has 3 rings (SSSR count). The lowest BCUT2D eigenvalue weighted by Gasteiger charge is -2.05. The lowest BCUT2D eigenvalue weighted by atomic mass is 10.2. The van der Waals surface area contributed by atoms with Gasteiger partial charge in [-0.1, -0.05) is 6.07 Å². The molecule has 0 aliphatic heterocycles. The summed E-state index contributed by atoms with van der Waals surface area (Å²) in [5, 5.41) is 11.5. The molecule has 19 heavy (non-hydrogen) atoms. The predicted octanol–water partition coefficient (Wildman–Crippen LogP) is 3.63. The number of H-pyrrole nitrogens is 1. The number of furan rings is 1. The normalized spacial score (nSPS) is 11.0. The van der Waals surface area contributed by atoms with Crippen LogP contribution in [0.3, 0.4) is 0 Å². The van der Waals surface area contributed by atoms with E-state index in [1.807, 2.05) is 36.5 Å². The number of thioether (sulfide) groups is 1. The van der Waals surface area contributed by atoms with Crippen molar-refractivity contribution < 1.29 is 4.42 Å². The molecule has 0 saturated heterocycles. The first-order valence-corrected chi connectivity index (χ1v) is 7.48. The number of hydrogen-bond donors (Lipinski definition) is 2. The summed E-state index contributed by atoms with van der Waals surface area (Å²) in [6.45, 7) is 0.679. The van der Waals surface area contributed by atoms with E-state index in [0.29, 0.717) is 6.54 Å². The summed E-state index contributed by atoms with van der Waals surface area (Å²) < 4.78 is 5.73. The maximum Gasteiger partial charge on any atom is 0.123 e. The number of fused-ring (bicyclic) bond motifs is 1. The number of hydrogen-bond acceptors (Lipinski definition) is 4. The molecule has 3 aromatic rings. The van der Waals surface area contributed by atoms with Crippen LogP contribution in [0.5, 0.6) is 0 Å². The highest BCUT2D eigenvalue weighted by atomic mass is 32.2. The first-order valence-electron chi connectivity index (χ1n) is 6.09. The quantitative estimate of drug-likeness (QED) is 0.745. The summed E-state index contributed by atoms with van der Waals surface area (Å²) in [6, 6.07) is 10.1. The van der Waals surface area contributed by atoms with Crippen LogP contribution in [0.2, 0.25) is 0 Å². The second kappa shape index (κ2) is 5.40. The zero-order valence-corrected chi connectivity index (χ0v) is 11.5. The van der Waals surface area contributed by atoms with Gasteiger partial charge in [0.15, 0.2) is 0 Å². The molecule has 0 bridgehead atoms. The Bertz CT molecular complexity index is 674. The van der Waals surface area contributed by atoms with Crippen LogP contribution >= 0.6 is 11.8 Å². The Morgan fingerprint density at radius 1 is 1.26 bits per heavy atom. The Balaban J connectivity index is 1.73. The fourth-order valence-electron chi connectivity index (χ4n) is 2.04. The van der Waals surface area contributed by atoms with E-state index in [9.17, 15) is 0 Å². The van der Waals surface area contributed by atoms with Gasteiger partial charge in [-0.2, -0.15) is 16.9 Å². The second-order valence-corrected chi connectivity index (χ2v) is 5.16. The second-order valence-electron chi connectivity index (χ2n) is 4.29. The zero-order valence-electron chi connectivity index (χ0n) is 10.6. The molecule has 0 unspecified atom stereocenters. The molecule has 2 aromatic heterocycles. The van der Waals surface area contributed by atoms with Crippen molar-refractivity contribution in [2.24, 2.45) is 0 Å². The van der Waals surface area contributed by atoms with Gasteiger partial charge in [-0.05, 0) is 30.5 Å². The smallest absolute Gasteiger partial charge is 0.123 e. The number of anilines is 1. The fourth-order valence-corrected chi connectivity index (χ4v) is 2.48. The minimum absolute atomic E-state index is 0.679. The van der Waals surface area contributed by atoms with Crippen LogP contribution in [-0.4, -0.2) is 16.5 Å². The van der Waals surface area contributed by atoms with E-state index >= 15 is 0 Å². The van der Waals surface area contributed by atoms with E-state index in [4.69, 9.17) is 4.42 Å². The third-order valence-corrected chi connectivity index (χ3v) is 3.51. The molecule has 5 heteroatoms. The molecule has 4 nitrogen and oxygen atoms in total. The van der Waals surface area contributed by atoms with Crippen molar-refractivity contribution in [3.05, 3.63) is 48.0 Å². The minimum atomic E-state index is 0.679. The molecule has 0 fully saturated rings. The average Bonchev–Trinajstić information content (AvgIpc) is 3.05. The maximum absolute atomic E-state index is 5.73. The molecule has 0 radical (unpaired) electrons.